The third-order valence-corrected chi connectivity index (χ3v) is 6.63. The fourth-order valence-corrected chi connectivity index (χ4v) is 4.92. The zero-order chi connectivity index (χ0) is 23.2. The van der Waals surface area contributed by atoms with Crippen LogP contribution in [0.4, 0.5) is 4.79 Å². The Balaban J connectivity index is 1.30. The molecule has 33 heavy (non-hydrogen) atoms. The molecule has 0 radical (unpaired) electrons. The molecule has 0 saturated carbocycles. The van der Waals surface area contributed by atoms with E-state index in [1.807, 2.05) is 36.4 Å². The normalized spacial score (nSPS) is 13.1. The van der Waals surface area contributed by atoms with Crippen molar-refractivity contribution in [3.05, 3.63) is 94.4 Å². The molecule has 1 atom stereocenters. The molecule has 170 valence electrons. The summed E-state index contributed by atoms with van der Waals surface area (Å²) < 4.78 is 7.00. The minimum Gasteiger partial charge on any atom is -0.480 e. The van der Waals surface area contributed by atoms with E-state index in [1.165, 1.54) is 17.8 Å². The van der Waals surface area contributed by atoms with Crippen molar-refractivity contribution in [2.24, 2.45) is 0 Å². The predicted octanol–water partition coefficient (Wildman–Crippen LogP) is 3.57. The lowest BCUT2D eigenvalue weighted by molar-refractivity contribution is -0.138. The van der Waals surface area contributed by atoms with Gasteiger partial charge in [0.05, 0.1) is 0 Å². The summed E-state index contributed by atoms with van der Waals surface area (Å²) in [6, 6.07) is 19.9. The highest BCUT2D eigenvalue weighted by molar-refractivity contribution is 7.99. The Morgan fingerprint density at radius 3 is 2.27 bits per heavy atom. The van der Waals surface area contributed by atoms with Gasteiger partial charge < -0.3 is 19.7 Å². The Hall–Kier alpha value is -3.52. The summed E-state index contributed by atoms with van der Waals surface area (Å²) in [5.74, 6) is -0.515. The van der Waals surface area contributed by atoms with E-state index in [-0.39, 0.29) is 23.8 Å². The van der Waals surface area contributed by atoms with Crippen molar-refractivity contribution in [3.8, 4) is 11.1 Å². The first-order valence-electron chi connectivity index (χ1n) is 10.6. The fourth-order valence-electron chi connectivity index (χ4n) is 3.97. The topological polar surface area (TPSA) is 97.6 Å². The van der Waals surface area contributed by atoms with Gasteiger partial charge in [-0.2, -0.15) is 11.8 Å². The second kappa shape index (κ2) is 10.4. The number of thioether (sulfide) groups is 1. The number of pyridine rings is 1. The molecule has 2 aromatic carbocycles. The molecule has 8 heteroatoms. The molecule has 0 saturated heterocycles. The number of carboxylic acids is 1. The Morgan fingerprint density at radius 1 is 1.00 bits per heavy atom. The van der Waals surface area contributed by atoms with Gasteiger partial charge in [-0.1, -0.05) is 54.6 Å². The van der Waals surface area contributed by atoms with Crippen molar-refractivity contribution in [2.45, 2.75) is 18.5 Å². The maximum atomic E-state index is 12.4. The Bertz CT molecular complexity index is 1160. The van der Waals surface area contributed by atoms with Gasteiger partial charge in [-0.05, 0) is 28.3 Å². The van der Waals surface area contributed by atoms with E-state index in [2.05, 4.69) is 17.4 Å². The summed E-state index contributed by atoms with van der Waals surface area (Å²) >= 11 is 1.35. The van der Waals surface area contributed by atoms with Crippen LogP contribution in [-0.2, 0) is 16.1 Å². The van der Waals surface area contributed by atoms with Crippen LogP contribution in [0.5, 0.6) is 0 Å². The average Bonchev–Trinajstić information content (AvgIpc) is 3.14. The summed E-state index contributed by atoms with van der Waals surface area (Å²) in [5.41, 5.74) is 4.32. The van der Waals surface area contributed by atoms with E-state index in [9.17, 15) is 19.5 Å². The minimum absolute atomic E-state index is 0.0926. The first-order valence-corrected chi connectivity index (χ1v) is 11.8. The predicted molar refractivity (Wildman–Crippen MR) is 128 cm³/mol. The highest BCUT2D eigenvalue weighted by atomic mass is 32.2. The molecule has 2 N–H and O–H groups in total. The highest BCUT2D eigenvalue weighted by Crippen LogP contribution is 2.44. The monoisotopic (exact) mass is 464 g/mol. The average molecular weight is 465 g/mol. The Morgan fingerprint density at radius 2 is 1.64 bits per heavy atom. The third-order valence-electron chi connectivity index (χ3n) is 5.59. The Kier molecular flexibility index (Phi) is 7.14. The lowest BCUT2D eigenvalue weighted by Gasteiger charge is -2.17. The van der Waals surface area contributed by atoms with Gasteiger partial charge in [-0.3, -0.25) is 4.79 Å². The van der Waals surface area contributed by atoms with Crippen LogP contribution in [-0.4, -0.2) is 45.9 Å². The third kappa shape index (κ3) is 5.28. The molecular formula is C25H24N2O5S. The number of nitrogens with one attached hydrogen (secondary N) is 1. The number of nitrogens with zero attached hydrogens (tertiary/aromatic N) is 1. The van der Waals surface area contributed by atoms with Gasteiger partial charge in [0.25, 0.3) is 5.56 Å². The summed E-state index contributed by atoms with van der Waals surface area (Å²) in [7, 11) is 0. The van der Waals surface area contributed by atoms with Crippen LogP contribution in [0.3, 0.4) is 0 Å². The standard InChI is InChI=1S/C25H24N2O5S/c28-23-11-5-6-12-27(23)13-14-33-16-22(24(29)30)26-25(31)32-15-21-19-9-3-1-7-17(19)18-8-2-4-10-20(18)21/h1-12,21-22H,13-16H2,(H,26,31)(H,29,30). The molecule has 1 heterocycles. The molecule has 0 spiro atoms. The first kappa shape index (κ1) is 22.7. The van der Waals surface area contributed by atoms with E-state index >= 15 is 0 Å². The van der Waals surface area contributed by atoms with Crippen LogP contribution in [0.15, 0.2) is 77.7 Å². The lowest BCUT2D eigenvalue weighted by atomic mass is 9.98. The van der Waals surface area contributed by atoms with Crippen molar-refractivity contribution in [2.75, 3.05) is 18.1 Å². The highest BCUT2D eigenvalue weighted by Gasteiger charge is 2.29. The SMILES string of the molecule is O=C(NC(CSCCn1ccccc1=O)C(=O)O)OCC1c2ccccc2-c2ccccc21. The molecule has 0 bridgehead atoms. The van der Waals surface area contributed by atoms with Gasteiger partial charge in [-0.15, -0.1) is 0 Å². The maximum Gasteiger partial charge on any atom is 0.407 e. The van der Waals surface area contributed by atoms with Gasteiger partial charge in [0.2, 0.25) is 0 Å². The summed E-state index contributed by atoms with van der Waals surface area (Å²) in [6.07, 6.45) is 0.927. The molecule has 0 fully saturated rings. The number of carboxylic acid groups (broad SMARTS) is 1. The van der Waals surface area contributed by atoms with E-state index in [0.29, 0.717) is 12.3 Å². The van der Waals surface area contributed by atoms with Crippen LogP contribution in [0.2, 0.25) is 0 Å². The number of amides is 1. The number of benzene rings is 2. The number of aromatic nitrogens is 1. The number of rotatable bonds is 9. The van der Waals surface area contributed by atoms with E-state index in [0.717, 1.165) is 22.3 Å². The number of carbonyl (C=O) groups is 2. The van der Waals surface area contributed by atoms with Crippen LogP contribution in [0.25, 0.3) is 11.1 Å². The molecule has 0 aliphatic heterocycles. The smallest absolute Gasteiger partial charge is 0.407 e. The zero-order valence-electron chi connectivity index (χ0n) is 17.8. The minimum atomic E-state index is -1.13. The van der Waals surface area contributed by atoms with Gasteiger partial charge in [0, 0.05) is 36.2 Å². The van der Waals surface area contributed by atoms with Gasteiger partial charge in [0.15, 0.2) is 0 Å². The molecule has 1 aliphatic carbocycles. The second-order valence-electron chi connectivity index (χ2n) is 7.67. The summed E-state index contributed by atoms with van der Waals surface area (Å²) in [4.78, 5) is 35.7. The number of carbonyl (C=O) groups excluding carboxylic acids is 1. The summed E-state index contributed by atoms with van der Waals surface area (Å²) in [5, 5.41) is 11.9. The van der Waals surface area contributed by atoms with E-state index in [4.69, 9.17) is 4.74 Å². The number of ether oxygens (including phenoxy) is 1. The quantitative estimate of drug-likeness (QED) is 0.470. The van der Waals surface area contributed by atoms with Crippen LogP contribution in [0, 0.1) is 0 Å². The number of hydrogen-bond donors (Lipinski definition) is 2. The van der Waals surface area contributed by atoms with Gasteiger partial charge in [-0.25, -0.2) is 9.59 Å². The van der Waals surface area contributed by atoms with Gasteiger partial charge in [0.1, 0.15) is 12.6 Å². The molecule has 4 rings (SSSR count). The molecule has 1 unspecified atom stereocenters. The maximum absolute atomic E-state index is 12.4. The number of aryl methyl sites for hydroxylation is 1. The molecule has 1 aromatic heterocycles. The molecular weight excluding hydrogens is 440 g/mol. The van der Waals surface area contributed by atoms with Crippen LogP contribution in [0.1, 0.15) is 17.0 Å². The zero-order valence-corrected chi connectivity index (χ0v) is 18.7. The number of hydrogen-bond acceptors (Lipinski definition) is 5. The molecule has 1 amide bonds. The fraction of sp³-hybridized carbons (Fsp3) is 0.240. The van der Waals surface area contributed by atoms with Crippen LogP contribution < -0.4 is 10.9 Å². The number of aliphatic carboxylic acids is 1. The van der Waals surface area contributed by atoms with Crippen molar-refractivity contribution in [1.82, 2.24) is 9.88 Å². The van der Waals surface area contributed by atoms with E-state index < -0.39 is 18.1 Å². The second-order valence-corrected chi connectivity index (χ2v) is 8.82. The van der Waals surface area contributed by atoms with Crippen LogP contribution >= 0.6 is 11.8 Å². The number of alkyl carbamates (subject to hydrolysis) is 1. The van der Waals surface area contributed by atoms with Gasteiger partial charge >= 0.3 is 12.1 Å². The molecule has 1 aliphatic rings. The van der Waals surface area contributed by atoms with Crippen molar-refractivity contribution in [3.63, 3.8) is 0 Å². The lowest BCUT2D eigenvalue weighted by Crippen LogP contribution is -2.43. The van der Waals surface area contributed by atoms with Crippen molar-refractivity contribution < 1.29 is 19.4 Å². The molecule has 3 aromatic rings. The van der Waals surface area contributed by atoms with Crippen molar-refractivity contribution in [1.29, 1.82) is 0 Å². The first-order chi connectivity index (χ1) is 16.0. The number of fused-ring (bicyclic) bond motifs is 3. The Labute approximate surface area is 195 Å². The summed E-state index contributed by atoms with van der Waals surface area (Å²) in [6.45, 7) is 0.581. The van der Waals surface area contributed by atoms with Crippen molar-refractivity contribution >= 4 is 23.8 Å². The molecule has 7 nitrogen and oxygen atoms in total. The largest absolute Gasteiger partial charge is 0.480 e. The van der Waals surface area contributed by atoms with E-state index in [1.54, 1.807) is 22.9 Å².